The maximum atomic E-state index is 13.7. The summed E-state index contributed by atoms with van der Waals surface area (Å²) in [5.41, 5.74) is 6.90. The first-order chi connectivity index (χ1) is 10.1. The Morgan fingerprint density at radius 2 is 2.24 bits per heavy atom. The summed E-state index contributed by atoms with van der Waals surface area (Å²) in [6.07, 6.45) is 6.27. The van der Waals surface area contributed by atoms with Crippen LogP contribution < -0.4 is 15.8 Å². The number of benzene rings is 1. The molecule has 1 aromatic carbocycles. The lowest BCUT2D eigenvalue weighted by Crippen LogP contribution is -2.10. The molecule has 6 heteroatoms. The first kappa shape index (κ1) is 15.2. The molecular weight excluding hydrogens is 271 g/mol. The molecule has 1 aromatic heterocycles. The molecule has 0 radical (unpaired) electrons. The summed E-state index contributed by atoms with van der Waals surface area (Å²) in [6, 6.07) is 2.90. The third-order valence-electron chi connectivity index (χ3n) is 2.93. The van der Waals surface area contributed by atoms with Gasteiger partial charge in [0, 0.05) is 37.6 Å². The molecule has 2 aromatic rings. The number of aryl methyl sites for hydroxylation is 1. The van der Waals surface area contributed by atoms with Crippen molar-refractivity contribution in [2.75, 3.05) is 17.6 Å². The van der Waals surface area contributed by atoms with Crippen molar-refractivity contribution in [2.45, 2.75) is 32.9 Å². The van der Waals surface area contributed by atoms with Gasteiger partial charge in [-0.05, 0) is 20.3 Å². The lowest BCUT2D eigenvalue weighted by Gasteiger charge is -2.15. The number of nitrogens with two attached hydrogens (primary N) is 1. The summed E-state index contributed by atoms with van der Waals surface area (Å²) >= 11 is 0. The number of aromatic nitrogens is 2. The van der Waals surface area contributed by atoms with Gasteiger partial charge in [0.25, 0.3) is 0 Å². The number of hydrogen-bond acceptors (Lipinski definition) is 4. The van der Waals surface area contributed by atoms with Gasteiger partial charge in [0.05, 0.1) is 23.8 Å². The number of hydrogen-bond donors (Lipinski definition) is 2. The smallest absolute Gasteiger partial charge is 0.167 e. The summed E-state index contributed by atoms with van der Waals surface area (Å²) < 4.78 is 21.1. The molecular formula is C15H21FN4O. The van der Waals surface area contributed by atoms with Crippen LogP contribution in [0, 0.1) is 5.82 Å². The third-order valence-corrected chi connectivity index (χ3v) is 2.93. The minimum atomic E-state index is -0.440. The van der Waals surface area contributed by atoms with Crippen molar-refractivity contribution < 1.29 is 9.13 Å². The van der Waals surface area contributed by atoms with Crippen LogP contribution in [0.5, 0.6) is 5.75 Å². The van der Waals surface area contributed by atoms with E-state index in [1.807, 2.05) is 24.6 Å². The van der Waals surface area contributed by atoms with E-state index in [2.05, 4.69) is 10.3 Å². The van der Waals surface area contributed by atoms with E-state index in [4.69, 9.17) is 10.5 Å². The predicted molar refractivity (Wildman–Crippen MR) is 81.9 cm³/mol. The molecule has 5 nitrogen and oxygen atoms in total. The Morgan fingerprint density at radius 3 is 2.90 bits per heavy atom. The van der Waals surface area contributed by atoms with Crippen LogP contribution >= 0.6 is 0 Å². The molecule has 0 saturated carbocycles. The molecule has 0 amide bonds. The molecule has 1 heterocycles. The maximum absolute atomic E-state index is 13.7. The zero-order valence-electron chi connectivity index (χ0n) is 12.3. The van der Waals surface area contributed by atoms with Crippen molar-refractivity contribution in [1.82, 2.24) is 9.55 Å². The lowest BCUT2D eigenvalue weighted by molar-refractivity contribution is 0.231. The summed E-state index contributed by atoms with van der Waals surface area (Å²) in [6.45, 7) is 5.31. The lowest BCUT2D eigenvalue weighted by atomic mass is 10.2. The zero-order valence-corrected chi connectivity index (χ0v) is 12.3. The van der Waals surface area contributed by atoms with Crippen LogP contribution in [0.4, 0.5) is 15.8 Å². The second-order valence-electron chi connectivity index (χ2n) is 5.12. The molecule has 0 bridgehead atoms. The monoisotopic (exact) mass is 292 g/mol. The van der Waals surface area contributed by atoms with Gasteiger partial charge in [0.15, 0.2) is 11.6 Å². The Morgan fingerprint density at radius 1 is 1.43 bits per heavy atom. The molecule has 3 N–H and O–H groups in total. The van der Waals surface area contributed by atoms with Crippen LogP contribution in [0.2, 0.25) is 0 Å². The highest BCUT2D eigenvalue weighted by Crippen LogP contribution is 2.28. The molecule has 0 fully saturated rings. The molecule has 2 rings (SSSR count). The third kappa shape index (κ3) is 4.37. The van der Waals surface area contributed by atoms with E-state index in [0.29, 0.717) is 11.4 Å². The van der Waals surface area contributed by atoms with Crippen LogP contribution in [0.3, 0.4) is 0 Å². The number of nitrogens with zero attached hydrogens (tertiary/aromatic N) is 2. The van der Waals surface area contributed by atoms with Crippen molar-refractivity contribution in [3.8, 4) is 5.75 Å². The highest BCUT2D eigenvalue weighted by Gasteiger charge is 2.10. The highest BCUT2D eigenvalue weighted by atomic mass is 19.1. The number of halogens is 1. The Hall–Kier alpha value is -2.24. The number of ether oxygens (including phenoxy) is 1. The van der Waals surface area contributed by atoms with Gasteiger partial charge in [0.2, 0.25) is 0 Å². The SMILES string of the molecule is CC(C)Oc1cc(NCCCn2ccnc2)c(N)cc1F. The van der Waals surface area contributed by atoms with E-state index >= 15 is 0 Å². The van der Waals surface area contributed by atoms with Crippen LogP contribution in [0.25, 0.3) is 0 Å². The Balaban J connectivity index is 1.92. The average molecular weight is 292 g/mol. The number of nitrogens with one attached hydrogen (secondary N) is 1. The second kappa shape index (κ2) is 6.97. The second-order valence-corrected chi connectivity index (χ2v) is 5.12. The van der Waals surface area contributed by atoms with Crippen molar-refractivity contribution in [3.63, 3.8) is 0 Å². The van der Waals surface area contributed by atoms with Gasteiger partial charge in [-0.25, -0.2) is 9.37 Å². The molecule has 0 atom stereocenters. The van der Waals surface area contributed by atoms with E-state index in [1.54, 1.807) is 18.6 Å². The fourth-order valence-corrected chi connectivity index (χ4v) is 1.97. The normalized spacial score (nSPS) is 10.9. The Bertz CT molecular complexity index is 569. The van der Waals surface area contributed by atoms with E-state index in [1.165, 1.54) is 6.07 Å². The van der Waals surface area contributed by atoms with Gasteiger partial charge in [-0.3, -0.25) is 0 Å². The minimum absolute atomic E-state index is 0.0859. The van der Waals surface area contributed by atoms with E-state index in [-0.39, 0.29) is 11.9 Å². The Kier molecular flexibility index (Phi) is 5.03. The zero-order chi connectivity index (χ0) is 15.2. The summed E-state index contributed by atoms with van der Waals surface area (Å²) in [4.78, 5) is 3.99. The molecule has 0 unspecified atom stereocenters. The molecule has 21 heavy (non-hydrogen) atoms. The predicted octanol–water partition coefficient (Wildman–Crippen LogP) is 2.89. The van der Waals surface area contributed by atoms with Crippen molar-refractivity contribution in [2.24, 2.45) is 0 Å². The topological polar surface area (TPSA) is 65.1 Å². The molecule has 114 valence electrons. The van der Waals surface area contributed by atoms with Gasteiger partial charge >= 0.3 is 0 Å². The maximum Gasteiger partial charge on any atom is 0.167 e. The van der Waals surface area contributed by atoms with Gasteiger partial charge in [-0.15, -0.1) is 0 Å². The van der Waals surface area contributed by atoms with Crippen LogP contribution in [-0.2, 0) is 6.54 Å². The van der Waals surface area contributed by atoms with Crippen LogP contribution in [0.15, 0.2) is 30.9 Å². The van der Waals surface area contributed by atoms with Gasteiger partial charge in [-0.2, -0.15) is 0 Å². The first-order valence-corrected chi connectivity index (χ1v) is 7.01. The molecule has 0 spiro atoms. The number of imidazole rings is 1. The first-order valence-electron chi connectivity index (χ1n) is 7.01. The van der Waals surface area contributed by atoms with E-state index in [0.717, 1.165) is 19.5 Å². The number of nitrogen functional groups attached to an aromatic ring is 1. The number of anilines is 2. The van der Waals surface area contributed by atoms with Crippen molar-refractivity contribution >= 4 is 11.4 Å². The fourth-order valence-electron chi connectivity index (χ4n) is 1.97. The molecule has 0 aliphatic heterocycles. The minimum Gasteiger partial charge on any atom is -0.488 e. The van der Waals surface area contributed by atoms with Crippen LogP contribution in [-0.4, -0.2) is 22.2 Å². The largest absolute Gasteiger partial charge is 0.488 e. The Labute approximate surface area is 123 Å². The number of rotatable bonds is 7. The molecule has 0 aliphatic carbocycles. The van der Waals surface area contributed by atoms with Gasteiger partial charge in [-0.1, -0.05) is 0 Å². The van der Waals surface area contributed by atoms with Crippen LogP contribution in [0.1, 0.15) is 20.3 Å². The summed E-state index contributed by atoms with van der Waals surface area (Å²) in [5, 5.41) is 3.21. The van der Waals surface area contributed by atoms with Crippen molar-refractivity contribution in [1.29, 1.82) is 0 Å². The highest BCUT2D eigenvalue weighted by molar-refractivity contribution is 5.68. The molecule has 0 saturated heterocycles. The summed E-state index contributed by atoms with van der Waals surface area (Å²) in [7, 11) is 0. The van der Waals surface area contributed by atoms with Crippen molar-refractivity contribution in [3.05, 3.63) is 36.7 Å². The van der Waals surface area contributed by atoms with E-state index in [9.17, 15) is 4.39 Å². The van der Waals surface area contributed by atoms with Gasteiger partial charge in [0.1, 0.15) is 0 Å². The standard InChI is InChI=1S/C15H21FN4O/c1-11(2)21-15-9-14(13(17)8-12(15)16)19-4-3-6-20-7-5-18-10-20/h5,7-11,19H,3-4,6,17H2,1-2H3. The quantitative estimate of drug-likeness (QED) is 0.608. The van der Waals surface area contributed by atoms with E-state index < -0.39 is 5.82 Å². The fraction of sp³-hybridized carbons (Fsp3) is 0.400. The average Bonchev–Trinajstić information content (AvgIpc) is 2.92. The van der Waals surface area contributed by atoms with Gasteiger partial charge < -0.3 is 20.4 Å². The summed E-state index contributed by atoms with van der Waals surface area (Å²) in [5.74, 6) is -0.221. The molecule has 0 aliphatic rings.